The molecular formula is C14H19N5O2. The molecule has 2 aromatic rings. The Morgan fingerprint density at radius 3 is 2.86 bits per heavy atom. The van der Waals surface area contributed by atoms with Crippen LogP contribution in [0.4, 0.5) is 17.3 Å². The molecule has 0 atom stereocenters. The molecule has 0 aliphatic carbocycles. The van der Waals surface area contributed by atoms with E-state index in [2.05, 4.69) is 29.2 Å². The molecule has 0 radical (unpaired) electrons. The molecule has 0 fully saturated rings. The number of pyridine rings is 1. The Hall–Kier alpha value is -2.44. The standard InChI is InChI=1S/C14H19N5O2/c1-10(2)5-8-18-9-6-12(17-18)16-14-13(19(20)21)11(3)4-7-15-14/h4,6-7,9-10H,5,8H2,1-3H3,(H,15,16,17). The predicted octanol–water partition coefficient (Wildman–Crippen LogP) is 3.28. The second kappa shape index (κ2) is 6.34. The van der Waals surface area contributed by atoms with Gasteiger partial charge in [0.1, 0.15) is 0 Å². The third-order valence-corrected chi connectivity index (χ3v) is 3.13. The maximum atomic E-state index is 11.1. The number of hydrogen-bond donors (Lipinski definition) is 1. The molecule has 0 amide bonds. The van der Waals surface area contributed by atoms with Crippen LogP contribution in [0.3, 0.4) is 0 Å². The molecule has 112 valence electrons. The molecule has 7 nitrogen and oxygen atoms in total. The molecule has 0 bridgehead atoms. The summed E-state index contributed by atoms with van der Waals surface area (Å²) in [4.78, 5) is 14.7. The zero-order chi connectivity index (χ0) is 15.4. The van der Waals surface area contributed by atoms with Crippen molar-refractivity contribution >= 4 is 17.3 Å². The van der Waals surface area contributed by atoms with Crippen LogP contribution in [-0.2, 0) is 6.54 Å². The molecule has 7 heteroatoms. The van der Waals surface area contributed by atoms with Crippen molar-refractivity contribution in [3.05, 3.63) is 40.2 Å². The summed E-state index contributed by atoms with van der Waals surface area (Å²) in [6.45, 7) is 6.82. The molecule has 0 spiro atoms. The van der Waals surface area contributed by atoms with Gasteiger partial charge < -0.3 is 5.32 Å². The summed E-state index contributed by atoms with van der Waals surface area (Å²) in [5, 5.41) is 18.4. The van der Waals surface area contributed by atoms with Gasteiger partial charge in [0.2, 0.25) is 5.82 Å². The van der Waals surface area contributed by atoms with Gasteiger partial charge in [-0.1, -0.05) is 13.8 Å². The van der Waals surface area contributed by atoms with Crippen LogP contribution in [-0.4, -0.2) is 19.7 Å². The van der Waals surface area contributed by atoms with Gasteiger partial charge >= 0.3 is 5.69 Å². The summed E-state index contributed by atoms with van der Waals surface area (Å²) in [6.07, 6.45) is 4.43. The number of hydrogen-bond acceptors (Lipinski definition) is 5. The minimum absolute atomic E-state index is 0.0192. The molecule has 0 saturated carbocycles. The Kier molecular flexibility index (Phi) is 4.52. The Bertz CT molecular complexity index is 636. The Balaban J connectivity index is 2.16. The lowest BCUT2D eigenvalue weighted by Gasteiger charge is -2.06. The first-order valence-corrected chi connectivity index (χ1v) is 6.88. The van der Waals surface area contributed by atoms with Crippen molar-refractivity contribution < 1.29 is 4.92 Å². The number of nitrogens with zero attached hydrogens (tertiary/aromatic N) is 4. The highest BCUT2D eigenvalue weighted by atomic mass is 16.6. The monoisotopic (exact) mass is 289 g/mol. The molecular weight excluding hydrogens is 270 g/mol. The van der Waals surface area contributed by atoms with Crippen LogP contribution < -0.4 is 5.32 Å². The number of nitro groups is 1. The van der Waals surface area contributed by atoms with Gasteiger partial charge in [-0.15, -0.1) is 0 Å². The van der Waals surface area contributed by atoms with Crippen LogP contribution >= 0.6 is 0 Å². The van der Waals surface area contributed by atoms with Crippen molar-refractivity contribution in [1.82, 2.24) is 14.8 Å². The largest absolute Gasteiger partial charge is 0.318 e. The zero-order valence-electron chi connectivity index (χ0n) is 12.4. The van der Waals surface area contributed by atoms with E-state index in [9.17, 15) is 10.1 Å². The number of aromatic nitrogens is 3. The second-order valence-corrected chi connectivity index (χ2v) is 5.35. The number of anilines is 2. The van der Waals surface area contributed by atoms with Crippen molar-refractivity contribution in [2.45, 2.75) is 33.7 Å². The van der Waals surface area contributed by atoms with Gasteiger partial charge in [0, 0.05) is 30.6 Å². The zero-order valence-corrected chi connectivity index (χ0v) is 12.4. The molecule has 1 N–H and O–H groups in total. The molecule has 2 rings (SSSR count). The third kappa shape index (κ3) is 3.77. The van der Waals surface area contributed by atoms with E-state index in [0.29, 0.717) is 17.3 Å². The van der Waals surface area contributed by atoms with Crippen molar-refractivity contribution in [3.8, 4) is 0 Å². The molecule has 2 heterocycles. The quantitative estimate of drug-likeness (QED) is 0.651. The lowest BCUT2D eigenvalue weighted by Crippen LogP contribution is -2.04. The van der Waals surface area contributed by atoms with Crippen LogP contribution in [0.5, 0.6) is 0 Å². The number of rotatable bonds is 6. The van der Waals surface area contributed by atoms with E-state index < -0.39 is 4.92 Å². The summed E-state index contributed by atoms with van der Waals surface area (Å²) in [6, 6.07) is 3.40. The molecule has 0 aliphatic rings. The van der Waals surface area contributed by atoms with E-state index in [1.54, 1.807) is 25.3 Å². The molecule has 0 unspecified atom stereocenters. The van der Waals surface area contributed by atoms with E-state index in [4.69, 9.17) is 0 Å². The molecule has 0 saturated heterocycles. The second-order valence-electron chi connectivity index (χ2n) is 5.35. The van der Waals surface area contributed by atoms with Crippen LogP contribution in [0.2, 0.25) is 0 Å². The van der Waals surface area contributed by atoms with Crippen molar-refractivity contribution in [1.29, 1.82) is 0 Å². The van der Waals surface area contributed by atoms with E-state index in [1.165, 1.54) is 0 Å². The van der Waals surface area contributed by atoms with E-state index in [1.807, 2.05) is 10.9 Å². The van der Waals surface area contributed by atoms with Crippen molar-refractivity contribution in [3.63, 3.8) is 0 Å². The minimum atomic E-state index is -0.430. The lowest BCUT2D eigenvalue weighted by atomic mass is 10.1. The maximum absolute atomic E-state index is 11.1. The first-order valence-electron chi connectivity index (χ1n) is 6.88. The summed E-state index contributed by atoms with van der Waals surface area (Å²) < 4.78 is 1.82. The minimum Gasteiger partial charge on any atom is -0.318 e. The Labute approximate surface area is 123 Å². The van der Waals surface area contributed by atoms with Gasteiger partial charge in [-0.3, -0.25) is 14.8 Å². The maximum Gasteiger partial charge on any atom is 0.314 e. The summed E-state index contributed by atoms with van der Waals surface area (Å²) in [5.74, 6) is 1.37. The van der Waals surface area contributed by atoms with Crippen molar-refractivity contribution in [2.24, 2.45) is 5.92 Å². The van der Waals surface area contributed by atoms with E-state index >= 15 is 0 Å². The van der Waals surface area contributed by atoms with Gasteiger partial charge in [-0.25, -0.2) is 4.98 Å². The fourth-order valence-electron chi connectivity index (χ4n) is 1.94. The first kappa shape index (κ1) is 15.0. The summed E-state index contributed by atoms with van der Waals surface area (Å²) in [5.41, 5.74) is 0.547. The number of nitrogens with one attached hydrogen (secondary N) is 1. The van der Waals surface area contributed by atoms with Gasteiger partial charge in [-0.05, 0) is 25.3 Å². The molecule has 0 aliphatic heterocycles. The fraction of sp³-hybridized carbons (Fsp3) is 0.429. The van der Waals surface area contributed by atoms with Crippen LogP contribution in [0.25, 0.3) is 0 Å². The molecule has 21 heavy (non-hydrogen) atoms. The van der Waals surface area contributed by atoms with Crippen LogP contribution in [0.15, 0.2) is 24.5 Å². The van der Waals surface area contributed by atoms with Gasteiger partial charge in [0.05, 0.1) is 4.92 Å². The third-order valence-electron chi connectivity index (χ3n) is 3.13. The lowest BCUT2D eigenvalue weighted by molar-refractivity contribution is -0.384. The van der Waals surface area contributed by atoms with Gasteiger partial charge in [-0.2, -0.15) is 5.10 Å². The van der Waals surface area contributed by atoms with Crippen molar-refractivity contribution in [2.75, 3.05) is 5.32 Å². The van der Waals surface area contributed by atoms with Gasteiger partial charge in [0.25, 0.3) is 0 Å². The van der Waals surface area contributed by atoms with E-state index in [0.717, 1.165) is 13.0 Å². The highest BCUT2D eigenvalue weighted by Crippen LogP contribution is 2.27. The van der Waals surface area contributed by atoms with E-state index in [-0.39, 0.29) is 11.5 Å². The molecule has 0 aromatic carbocycles. The first-order chi connectivity index (χ1) is 9.97. The summed E-state index contributed by atoms with van der Waals surface area (Å²) >= 11 is 0. The van der Waals surface area contributed by atoms with Crippen LogP contribution in [0.1, 0.15) is 25.8 Å². The fourth-order valence-corrected chi connectivity index (χ4v) is 1.94. The normalized spacial score (nSPS) is 10.9. The Morgan fingerprint density at radius 2 is 2.19 bits per heavy atom. The summed E-state index contributed by atoms with van der Waals surface area (Å²) in [7, 11) is 0. The Morgan fingerprint density at radius 1 is 1.43 bits per heavy atom. The average molecular weight is 289 g/mol. The topological polar surface area (TPSA) is 85.9 Å². The SMILES string of the molecule is Cc1ccnc(Nc2ccn(CCC(C)C)n2)c1[N+](=O)[O-]. The predicted molar refractivity (Wildman–Crippen MR) is 80.6 cm³/mol. The molecule has 2 aromatic heterocycles. The highest BCUT2D eigenvalue weighted by Gasteiger charge is 2.19. The smallest absolute Gasteiger partial charge is 0.314 e. The van der Waals surface area contributed by atoms with Gasteiger partial charge in [0.15, 0.2) is 5.82 Å². The highest BCUT2D eigenvalue weighted by molar-refractivity contribution is 5.65. The average Bonchev–Trinajstić information content (AvgIpc) is 2.83. The number of aryl methyl sites for hydroxylation is 2. The van der Waals surface area contributed by atoms with Crippen LogP contribution in [0, 0.1) is 23.0 Å².